The quantitative estimate of drug-likeness (QED) is 0.390. The van der Waals surface area contributed by atoms with Crippen molar-refractivity contribution in [3.05, 3.63) is 40.2 Å². The smallest absolute Gasteiger partial charge is 0.163 e. The molecule has 1 spiro atoms. The van der Waals surface area contributed by atoms with Crippen LogP contribution in [0.3, 0.4) is 0 Å². The Morgan fingerprint density at radius 1 is 1.18 bits per heavy atom. The molecule has 2 N–H and O–H groups in total. The lowest BCUT2D eigenvalue weighted by Gasteiger charge is -2.55. The third-order valence-corrected chi connectivity index (χ3v) is 9.05. The number of nitrogens with zero attached hydrogens (tertiary/aromatic N) is 5. The lowest BCUT2D eigenvalue weighted by atomic mass is 9.72. The predicted molar refractivity (Wildman–Crippen MR) is 156 cm³/mol. The third kappa shape index (κ3) is 5.32. The average Bonchev–Trinajstić information content (AvgIpc) is 3.72. The lowest BCUT2D eigenvalue weighted by molar-refractivity contribution is 0.0716. The van der Waals surface area contributed by atoms with Gasteiger partial charge in [-0.2, -0.15) is 0 Å². The number of aromatic nitrogens is 3. The Labute approximate surface area is 240 Å². The van der Waals surface area contributed by atoms with Gasteiger partial charge in [0.15, 0.2) is 5.82 Å². The maximum absolute atomic E-state index is 10.1. The Bertz CT molecular complexity index is 1350. The van der Waals surface area contributed by atoms with Gasteiger partial charge in [0, 0.05) is 42.2 Å². The molecule has 214 valence electrons. The highest BCUT2D eigenvalue weighted by Crippen LogP contribution is 2.46. The molecule has 0 amide bonds. The van der Waals surface area contributed by atoms with Gasteiger partial charge in [-0.15, -0.1) is 0 Å². The zero-order chi connectivity index (χ0) is 28.0. The largest absolute Gasteiger partial charge is 0.491 e. The Morgan fingerprint density at radius 2 is 1.93 bits per heavy atom. The van der Waals surface area contributed by atoms with Crippen LogP contribution >= 0.6 is 11.6 Å². The van der Waals surface area contributed by atoms with E-state index in [0.29, 0.717) is 34.1 Å². The number of halogens is 1. The second-order valence-corrected chi connectivity index (χ2v) is 12.2. The number of hydrogen-bond acceptors (Lipinski definition) is 9. The van der Waals surface area contributed by atoms with Gasteiger partial charge in [-0.3, -0.25) is 0 Å². The number of aryl methyl sites for hydroxylation is 2. The molecular weight excluding hydrogens is 528 g/mol. The molecule has 9 nitrogen and oxygen atoms in total. The standard InChI is InChI=1S/C30H39ClN6O3/c1-18-27(26-19(2)35-40-20(26)3)33-28(24-13-23(7-8-25(24)31)39-15-22(38)14-32-4)34-29(18)37-16-30(17-37)9-11-36(12-10-30)21-5-6-21/h7-8,13,21-22,32,38H,5-6,9-12,14-17H2,1-4H3/t22-/m1/s1. The van der Waals surface area contributed by atoms with Gasteiger partial charge in [-0.25, -0.2) is 9.97 Å². The molecule has 3 aliphatic rings. The first-order chi connectivity index (χ1) is 19.3. The van der Waals surface area contributed by atoms with E-state index in [1.807, 2.05) is 19.9 Å². The Kier molecular flexibility index (Phi) is 7.50. The minimum absolute atomic E-state index is 0.167. The van der Waals surface area contributed by atoms with Crippen molar-refractivity contribution in [2.24, 2.45) is 5.41 Å². The summed E-state index contributed by atoms with van der Waals surface area (Å²) in [6, 6.07) is 6.29. The monoisotopic (exact) mass is 566 g/mol. The van der Waals surface area contributed by atoms with Gasteiger partial charge in [0.2, 0.25) is 0 Å². The fourth-order valence-electron chi connectivity index (χ4n) is 6.28. The molecule has 6 rings (SSSR count). The normalized spacial score (nSPS) is 19.6. The number of anilines is 1. The van der Waals surface area contributed by atoms with E-state index in [9.17, 15) is 5.11 Å². The van der Waals surface area contributed by atoms with Crippen molar-refractivity contribution < 1.29 is 14.4 Å². The number of likely N-dealkylation sites (tertiary alicyclic amines) is 1. The zero-order valence-electron chi connectivity index (χ0n) is 23.8. The van der Waals surface area contributed by atoms with Crippen molar-refractivity contribution in [1.29, 1.82) is 0 Å². The molecule has 2 aromatic heterocycles. The first-order valence-electron chi connectivity index (χ1n) is 14.3. The maximum Gasteiger partial charge on any atom is 0.163 e. The topological polar surface area (TPSA) is 99.8 Å². The lowest BCUT2D eigenvalue weighted by Crippen LogP contribution is -2.61. The number of ether oxygens (including phenoxy) is 1. The number of nitrogens with one attached hydrogen (secondary N) is 1. The highest BCUT2D eigenvalue weighted by Gasteiger charge is 2.47. The van der Waals surface area contributed by atoms with Crippen molar-refractivity contribution in [2.75, 3.05) is 51.3 Å². The van der Waals surface area contributed by atoms with E-state index < -0.39 is 6.10 Å². The van der Waals surface area contributed by atoms with Crippen LogP contribution in [0.2, 0.25) is 5.02 Å². The molecule has 1 saturated carbocycles. The Hall–Kier alpha value is -2.72. The summed E-state index contributed by atoms with van der Waals surface area (Å²) < 4.78 is 11.4. The van der Waals surface area contributed by atoms with Gasteiger partial charge in [0.05, 0.1) is 22.0 Å². The van der Waals surface area contributed by atoms with E-state index in [1.165, 1.54) is 38.8 Å². The molecule has 4 heterocycles. The van der Waals surface area contributed by atoms with E-state index >= 15 is 0 Å². The van der Waals surface area contributed by atoms with E-state index in [-0.39, 0.29) is 6.61 Å². The van der Waals surface area contributed by atoms with Crippen LogP contribution in [0.25, 0.3) is 22.6 Å². The molecule has 3 fully saturated rings. The van der Waals surface area contributed by atoms with Crippen LogP contribution in [0.15, 0.2) is 22.7 Å². The van der Waals surface area contributed by atoms with Crippen LogP contribution in [0, 0.1) is 26.2 Å². The number of rotatable bonds is 9. The predicted octanol–water partition coefficient (Wildman–Crippen LogP) is 4.40. The van der Waals surface area contributed by atoms with Gasteiger partial charge in [0.1, 0.15) is 30.0 Å². The molecule has 10 heteroatoms. The van der Waals surface area contributed by atoms with Crippen molar-refractivity contribution >= 4 is 17.4 Å². The Balaban J connectivity index is 1.32. The summed E-state index contributed by atoms with van der Waals surface area (Å²) in [5.41, 5.74) is 4.57. The highest BCUT2D eigenvalue weighted by atomic mass is 35.5. The fraction of sp³-hybridized carbons (Fsp3) is 0.567. The molecule has 0 bridgehead atoms. The molecule has 3 aromatic rings. The van der Waals surface area contributed by atoms with E-state index in [2.05, 4.69) is 27.2 Å². The van der Waals surface area contributed by atoms with Crippen LogP contribution < -0.4 is 15.0 Å². The number of benzene rings is 1. The number of hydrogen-bond donors (Lipinski definition) is 2. The first-order valence-corrected chi connectivity index (χ1v) is 14.7. The van der Waals surface area contributed by atoms with Gasteiger partial charge in [-0.1, -0.05) is 16.8 Å². The summed E-state index contributed by atoms with van der Waals surface area (Å²) in [6.07, 6.45) is 4.62. The van der Waals surface area contributed by atoms with Crippen LogP contribution in [0.1, 0.15) is 42.7 Å². The molecular formula is C30H39ClN6O3. The van der Waals surface area contributed by atoms with Crippen LogP contribution in [-0.2, 0) is 0 Å². The molecule has 0 unspecified atom stereocenters. The van der Waals surface area contributed by atoms with Crippen molar-refractivity contribution in [3.63, 3.8) is 0 Å². The van der Waals surface area contributed by atoms with E-state index in [1.54, 1.807) is 19.2 Å². The molecule has 2 saturated heterocycles. The first kappa shape index (κ1) is 27.4. The molecule has 1 aromatic carbocycles. The number of piperidine rings is 1. The van der Waals surface area contributed by atoms with Gasteiger partial charge >= 0.3 is 0 Å². The number of likely N-dealkylation sites (N-methyl/N-ethyl adjacent to an activating group) is 1. The molecule has 1 aliphatic carbocycles. The van der Waals surface area contributed by atoms with Crippen LogP contribution in [0.5, 0.6) is 5.75 Å². The Morgan fingerprint density at radius 3 is 2.58 bits per heavy atom. The minimum Gasteiger partial charge on any atom is -0.491 e. The maximum atomic E-state index is 10.1. The summed E-state index contributed by atoms with van der Waals surface area (Å²) in [7, 11) is 1.80. The summed E-state index contributed by atoms with van der Waals surface area (Å²) >= 11 is 6.72. The second-order valence-electron chi connectivity index (χ2n) is 11.8. The number of aliphatic hydroxyl groups is 1. The summed E-state index contributed by atoms with van der Waals surface area (Å²) in [4.78, 5) is 15.2. The summed E-state index contributed by atoms with van der Waals surface area (Å²) in [5.74, 6) is 2.79. The SMILES string of the molecule is CNC[C@@H](O)COc1ccc(Cl)c(-c2nc(-c3c(C)noc3C)c(C)c(N3CC4(CCN(C5CC5)CC4)C3)n2)c1. The highest BCUT2D eigenvalue weighted by molar-refractivity contribution is 6.33. The minimum atomic E-state index is -0.618. The average molecular weight is 567 g/mol. The van der Waals surface area contributed by atoms with Crippen molar-refractivity contribution in [2.45, 2.75) is 58.6 Å². The van der Waals surface area contributed by atoms with Crippen molar-refractivity contribution in [3.8, 4) is 28.4 Å². The fourth-order valence-corrected chi connectivity index (χ4v) is 6.48. The molecule has 40 heavy (non-hydrogen) atoms. The zero-order valence-corrected chi connectivity index (χ0v) is 24.6. The number of aliphatic hydroxyl groups excluding tert-OH is 1. The van der Waals surface area contributed by atoms with Gasteiger partial charge in [0.25, 0.3) is 0 Å². The second kappa shape index (κ2) is 10.9. The molecule has 1 atom stereocenters. The van der Waals surface area contributed by atoms with Crippen LogP contribution in [0.4, 0.5) is 5.82 Å². The van der Waals surface area contributed by atoms with Crippen LogP contribution in [-0.4, -0.2) is 83.7 Å². The summed E-state index contributed by atoms with van der Waals surface area (Å²) in [6.45, 7) is 11.0. The third-order valence-electron chi connectivity index (χ3n) is 8.73. The van der Waals surface area contributed by atoms with E-state index in [0.717, 1.165) is 53.2 Å². The van der Waals surface area contributed by atoms with Gasteiger partial charge < -0.3 is 29.5 Å². The van der Waals surface area contributed by atoms with Crippen molar-refractivity contribution in [1.82, 2.24) is 25.3 Å². The molecule has 0 radical (unpaired) electrons. The van der Waals surface area contributed by atoms with E-state index in [4.69, 9.17) is 30.8 Å². The molecule has 2 aliphatic heterocycles. The summed E-state index contributed by atoms with van der Waals surface area (Å²) in [5, 5.41) is 17.8. The van der Waals surface area contributed by atoms with Gasteiger partial charge in [-0.05, 0) is 84.8 Å².